The molecule has 9 heavy (non-hydrogen) atoms. The minimum absolute atomic E-state index is 0.250. The molecule has 0 aromatic rings. The van der Waals surface area contributed by atoms with Crippen LogP contribution in [0.2, 0.25) is 0 Å². The number of rotatable bonds is 1. The van der Waals surface area contributed by atoms with Crippen molar-refractivity contribution in [1.29, 1.82) is 0 Å². The summed E-state index contributed by atoms with van der Waals surface area (Å²) in [4.78, 5) is 16.2. The summed E-state index contributed by atoms with van der Waals surface area (Å²) in [6.45, 7) is 4.00. The zero-order valence-electron chi connectivity index (χ0n) is 5.73. The smallest absolute Gasteiger partial charge is 0.186 e. The molecule has 0 N–H and O–H groups in total. The second-order valence-corrected chi connectivity index (χ2v) is 1.26. The number of hydrogen-bond donors (Lipinski definition) is 0. The van der Waals surface area contributed by atoms with E-state index in [1.165, 1.54) is 6.42 Å². The van der Waals surface area contributed by atoms with Gasteiger partial charge in [-0.25, -0.2) is 0 Å². The zero-order chi connectivity index (χ0) is 7.54. The van der Waals surface area contributed by atoms with Crippen LogP contribution in [-0.2, 0) is 9.59 Å². The van der Waals surface area contributed by atoms with Crippen molar-refractivity contribution in [2.75, 3.05) is 0 Å². The van der Waals surface area contributed by atoms with Crippen molar-refractivity contribution < 1.29 is 9.59 Å². The van der Waals surface area contributed by atoms with Gasteiger partial charge in [-0.3, -0.25) is 0 Å². The highest BCUT2D eigenvalue weighted by Crippen LogP contribution is 1.79. The van der Waals surface area contributed by atoms with Crippen LogP contribution in [0.1, 0.15) is 26.7 Å². The highest BCUT2D eigenvalue weighted by molar-refractivity contribution is 5.20. The molecule has 50 valence electrons. The van der Waals surface area contributed by atoms with Crippen LogP contribution in [-0.4, -0.2) is 6.15 Å². The molecule has 0 heterocycles. The molecule has 0 radical (unpaired) electrons. The van der Waals surface area contributed by atoms with Gasteiger partial charge in [0.2, 0.25) is 0 Å². The molecule has 0 spiro atoms. The fraction of sp³-hybridized carbons (Fsp3) is 0.571. The van der Waals surface area contributed by atoms with Crippen LogP contribution in [0.5, 0.6) is 0 Å². The SMILES string of the molecule is CC#CCCC.O=C=O. The lowest BCUT2D eigenvalue weighted by molar-refractivity contribution is -0.191. The lowest BCUT2D eigenvalue weighted by Crippen LogP contribution is -1.56. The standard InChI is InChI=1S/C6H10.CO2/c1-3-5-6-4-2;2-1-3/h3,5H2,1-2H3;. The van der Waals surface area contributed by atoms with E-state index in [0.717, 1.165) is 6.42 Å². The molecule has 2 nitrogen and oxygen atoms in total. The maximum Gasteiger partial charge on any atom is 0.373 e. The fourth-order valence-electron chi connectivity index (χ4n) is 0.250. The molecule has 0 aliphatic heterocycles. The average molecular weight is 126 g/mol. The molecule has 0 atom stereocenters. The van der Waals surface area contributed by atoms with Crippen molar-refractivity contribution in [3.05, 3.63) is 0 Å². The zero-order valence-corrected chi connectivity index (χ0v) is 5.73. The summed E-state index contributed by atoms with van der Waals surface area (Å²) >= 11 is 0. The van der Waals surface area contributed by atoms with Gasteiger partial charge in [0, 0.05) is 6.42 Å². The first-order chi connectivity index (χ1) is 4.33. The normalized spacial score (nSPS) is 5.11. The monoisotopic (exact) mass is 126 g/mol. The first-order valence-corrected chi connectivity index (χ1v) is 2.72. The van der Waals surface area contributed by atoms with Crippen molar-refractivity contribution in [3.8, 4) is 11.8 Å². The molecular weight excluding hydrogens is 116 g/mol. The van der Waals surface area contributed by atoms with Gasteiger partial charge in [-0.2, -0.15) is 9.59 Å². The van der Waals surface area contributed by atoms with Gasteiger partial charge >= 0.3 is 6.15 Å². The lowest BCUT2D eigenvalue weighted by Gasteiger charge is -1.71. The number of carbonyl (C=O) groups excluding carboxylic acids is 2. The van der Waals surface area contributed by atoms with Crippen LogP contribution in [0.25, 0.3) is 0 Å². The summed E-state index contributed by atoms with van der Waals surface area (Å²) in [6, 6.07) is 0. The predicted octanol–water partition coefficient (Wildman–Crippen LogP) is 1.23. The summed E-state index contributed by atoms with van der Waals surface area (Å²) in [5, 5.41) is 0. The quantitative estimate of drug-likeness (QED) is 0.495. The van der Waals surface area contributed by atoms with Crippen molar-refractivity contribution in [3.63, 3.8) is 0 Å². The molecule has 0 aliphatic rings. The molecule has 0 unspecified atom stereocenters. The number of hydrogen-bond acceptors (Lipinski definition) is 2. The lowest BCUT2D eigenvalue weighted by atomic mass is 10.3. The van der Waals surface area contributed by atoms with Gasteiger partial charge in [-0.05, 0) is 13.3 Å². The largest absolute Gasteiger partial charge is 0.373 e. The molecule has 0 saturated carbocycles. The van der Waals surface area contributed by atoms with Crippen molar-refractivity contribution >= 4 is 6.15 Å². The molecule has 0 amide bonds. The Morgan fingerprint density at radius 1 is 1.33 bits per heavy atom. The molecule has 0 saturated heterocycles. The Kier molecular flexibility index (Phi) is 19.0. The van der Waals surface area contributed by atoms with Gasteiger partial charge < -0.3 is 0 Å². The van der Waals surface area contributed by atoms with E-state index < -0.39 is 0 Å². The molecule has 0 fully saturated rings. The summed E-state index contributed by atoms with van der Waals surface area (Å²) in [5.41, 5.74) is 0. The second kappa shape index (κ2) is 15.8. The maximum absolute atomic E-state index is 8.12. The first-order valence-electron chi connectivity index (χ1n) is 2.72. The Labute approximate surface area is 55.3 Å². The number of unbranched alkanes of at least 4 members (excludes halogenated alkanes) is 1. The van der Waals surface area contributed by atoms with Crippen LogP contribution in [0.4, 0.5) is 0 Å². The van der Waals surface area contributed by atoms with Gasteiger partial charge in [-0.15, -0.1) is 11.8 Å². The molecule has 0 aromatic carbocycles. The van der Waals surface area contributed by atoms with Crippen LogP contribution in [0.15, 0.2) is 0 Å². The van der Waals surface area contributed by atoms with Gasteiger partial charge in [0.05, 0.1) is 0 Å². The summed E-state index contributed by atoms with van der Waals surface area (Å²) in [5.74, 6) is 5.77. The Morgan fingerprint density at radius 2 is 1.78 bits per heavy atom. The molecular formula is C7H10O2. The van der Waals surface area contributed by atoms with E-state index in [-0.39, 0.29) is 6.15 Å². The molecule has 0 rings (SSSR count). The van der Waals surface area contributed by atoms with E-state index in [2.05, 4.69) is 18.8 Å². The van der Waals surface area contributed by atoms with Crippen LogP contribution >= 0.6 is 0 Å². The second-order valence-electron chi connectivity index (χ2n) is 1.26. The highest BCUT2D eigenvalue weighted by Gasteiger charge is 1.63. The minimum atomic E-state index is 0.250. The summed E-state index contributed by atoms with van der Waals surface area (Å²) in [6.07, 6.45) is 2.48. The van der Waals surface area contributed by atoms with E-state index in [0.29, 0.717) is 0 Å². The van der Waals surface area contributed by atoms with E-state index in [1.807, 2.05) is 6.92 Å². The van der Waals surface area contributed by atoms with Gasteiger partial charge in [0.15, 0.2) is 0 Å². The van der Waals surface area contributed by atoms with Crippen LogP contribution in [0, 0.1) is 11.8 Å². The fourth-order valence-corrected chi connectivity index (χ4v) is 0.250. The van der Waals surface area contributed by atoms with Gasteiger partial charge in [-0.1, -0.05) is 6.92 Å². The highest BCUT2D eigenvalue weighted by atomic mass is 16.2. The molecule has 0 aromatic heterocycles. The van der Waals surface area contributed by atoms with Crippen molar-refractivity contribution in [2.24, 2.45) is 0 Å². The topological polar surface area (TPSA) is 34.1 Å². The molecule has 0 bridgehead atoms. The van der Waals surface area contributed by atoms with Gasteiger partial charge in [0.25, 0.3) is 0 Å². The van der Waals surface area contributed by atoms with Crippen molar-refractivity contribution in [2.45, 2.75) is 26.7 Å². The minimum Gasteiger partial charge on any atom is -0.186 e. The Hall–Kier alpha value is -1.06. The Balaban J connectivity index is 0. The van der Waals surface area contributed by atoms with E-state index in [9.17, 15) is 0 Å². The third-order valence-corrected chi connectivity index (χ3v) is 0.552. The van der Waals surface area contributed by atoms with Crippen LogP contribution < -0.4 is 0 Å². The summed E-state index contributed by atoms with van der Waals surface area (Å²) < 4.78 is 0. The maximum atomic E-state index is 8.12. The van der Waals surface area contributed by atoms with E-state index >= 15 is 0 Å². The van der Waals surface area contributed by atoms with Crippen LogP contribution in [0.3, 0.4) is 0 Å². The van der Waals surface area contributed by atoms with E-state index in [1.54, 1.807) is 0 Å². The average Bonchev–Trinajstić information content (AvgIpc) is 1.86. The third kappa shape index (κ3) is 45.0. The molecule has 0 aliphatic carbocycles. The Morgan fingerprint density at radius 3 is 1.89 bits per heavy atom. The summed E-state index contributed by atoms with van der Waals surface area (Å²) in [7, 11) is 0. The van der Waals surface area contributed by atoms with Gasteiger partial charge in [0.1, 0.15) is 0 Å². The van der Waals surface area contributed by atoms with Crippen molar-refractivity contribution in [1.82, 2.24) is 0 Å². The van der Waals surface area contributed by atoms with E-state index in [4.69, 9.17) is 9.59 Å². The molecule has 2 heteroatoms. The third-order valence-electron chi connectivity index (χ3n) is 0.552. The first kappa shape index (κ1) is 10.8. The Bertz CT molecular complexity index is 122. The predicted molar refractivity (Wildman–Crippen MR) is 33.4 cm³/mol.